The molecule has 31 heavy (non-hydrogen) atoms. The number of aryl methyl sites for hydroxylation is 2. The predicted molar refractivity (Wildman–Crippen MR) is 119 cm³/mol. The number of carbonyl (C=O) groups is 2. The summed E-state index contributed by atoms with van der Waals surface area (Å²) in [5, 5.41) is 4.36. The van der Waals surface area contributed by atoms with Crippen LogP contribution in [0.3, 0.4) is 0 Å². The standard InChI is InChI=1S/C24H28N4O3/c1-6-21-20(14-25-28(21)19-12-10-15(2)11-13-19)24(30)27-26-23(29)18(5)31-22-9-7-8-16(3)17(22)4/h7-14,18H,6H2,1-5H3,(H,26,29)(H,27,30). The van der Waals surface area contributed by atoms with E-state index in [1.54, 1.807) is 11.6 Å². The van der Waals surface area contributed by atoms with Crippen LogP contribution in [0.2, 0.25) is 0 Å². The van der Waals surface area contributed by atoms with Crippen LogP contribution in [-0.2, 0) is 11.2 Å². The van der Waals surface area contributed by atoms with E-state index in [4.69, 9.17) is 4.74 Å². The molecule has 1 aromatic heterocycles. The number of nitrogens with zero attached hydrogens (tertiary/aromatic N) is 2. The average Bonchev–Trinajstić information content (AvgIpc) is 3.19. The molecular weight excluding hydrogens is 392 g/mol. The van der Waals surface area contributed by atoms with Gasteiger partial charge in [0, 0.05) is 0 Å². The van der Waals surface area contributed by atoms with E-state index in [2.05, 4.69) is 16.0 Å². The first-order valence-corrected chi connectivity index (χ1v) is 10.3. The second-order valence-electron chi connectivity index (χ2n) is 7.51. The summed E-state index contributed by atoms with van der Waals surface area (Å²) in [6, 6.07) is 13.6. The number of carbonyl (C=O) groups excluding carboxylic acids is 2. The third-order valence-corrected chi connectivity index (χ3v) is 5.25. The molecule has 2 N–H and O–H groups in total. The topological polar surface area (TPSA) is 85.2 Å². The highest BCUT2D eigenvalue weighted by molar-refractivity contribution is 5.96. The Kier molecular flexibility index (Phi) is 6.74. The highest BCUT2D eigenvalue weighted by Crippen LogP contribution is 2.21. The largest absolute Gasteiger partial charge is 0.481 e. The number of rotatable bonds is 6. The van der Waals surface area contributed by atoms with Crippen molar-refractivity contribution in [2.75, 3.05) is 0 Å². The molecule has 0 fully saturated rings. The van der Waals surface area contributed by atoms with Crippen molar-refractivity contribution in [3.63, 3.8) is 0 Å². The number of hydrogen-bond acceptors (Lipinski definition) is 4. The van der Waals surface area contributed by atoms with E-state index >= 15 is 0 Å². The summed E-state index contributed by atoms with van der Waals surface area (Å²) in [4.78, 5) is 25.1. The highest BCUT2D eigenvalue weighted by atomic mass is 16.5. The molecular formula is C24H28N4O3. The fraction of sp³-hybridized carbons (Fsp3) is 0.292. The van der Waals surface area contributed by atoms with Crippen LogP contribution in [0.4, 0.5) is 0 Å². The lowest BCUT2D eigenvalue weighted by Gasteiger charge is -2.17. The van der Waals surface area contributed by atoms with Crippen LogP contribution in [0.25, 0.3) is 5.69 Å². The van der Waals surface area contributed by atoms with Crippen molar-refractivity contribution < 1.29 is 14.3 Å². The Labute approximate surface area is 182 Å². The summed E-state index contributed by atoms with van der Waals surface area (Å²) in [6.07, 6.45) is 1.34. The highest BCUT2D eigenvalue weighted by Gasteiger charge is 2.20. The molecule has 0 bridgehead atoms. The fourth-order valence-corrected chi connectivity index (χ4v) is 3.20. The van der Waals surface area contributed by atoms with Crippen molar-refractivity contribution in [3.8, 4) is 11.4 Å². The number of nitrogens with one attached hydrogen (secondary N) is 2. The number of amides is 2. The normalized spacial score (nSPS) is 11.6. The Morgan fingerprint density at radius 1 is 1.06 bits per heavy atom. The third-order valence-electron chi connectivity index (χ3n) is 5.25. The van der Waals surface area contributed by atoms with Crippen molar-refractivity contribution in [2.45, 2.75) is 47.1 Å². The van der Waals surface area contributed by atoms with Crippen molar-refractivity contribution >= 4 is 11.8 Å². The molecule has 0 saturated heterocycles. The van der Waals surface area contributed by atoms with Gasteiger partial charge in [-0.15, -0.1) is 0 Å². The smallest absolute Gasteiger partial charge is 0.279 e. The van der Waals surface area contributed by atoms with E-state index in [0.29, 0.717) is 17.7 Å². The number of ether oxygens (including phenoxy) is 1. The van der Waals surface area contributed by atoms with Gasteiger partial charge in [-0.25, -0.2) is 4.68 Å². The lowest BCUT2D eigenvalue weighted by atomic mass is 10.1. The number of benzene rings is 2. The monoisotopic (exact) mass is 420 g/mol. The number of hydrazine groups is 1. The van der Waals surface area contributed by atoms with Gasteiger partial charge in [-0.05, 0) is 63.4 Å². The molecule has 3 aromatic rings. The molecule has 7 nitrogen and oxygen atoms in total. The molecule has 1 heterocycles. The molecule has 1 atom stereocenters. The summed E-state index contributed by atoms with van der Waals surface area (Å²) in [5.74, 6) is -0.234. The Bertz CT molecular complexity index is 1090. The molecule has 7 heteroatoms. The number of hydrogen-bond donors (Lipinski definition) is 2. The molecule has 0 aliphatic carbocycles. The summed E-state index contributed by atoms with van der Waals surface area (Å²) >= 11 is 0. The van der Waals surface area contributed by atoms with Gasteiger partial charge in [0.1, 0.15) is 5.75 Å². The minimum atomic E-state index is -0.776. The molecule has 0 spiro atoms. The maximum atomic E-state index is 12.7. The zero-order valence-corrected chi connectivity index (χ0v) is 18.5. The van der Waals surface area contributed by atoms with E-state index < -0.39 is 17.9 Å². The van der Waals surface area contributed by atoms with Gasteiger partial charge in [0.05, 0.1) is 23.1 Å². The van der Waals surface area contributed by atoms with Crippen LogP contribution >= 0.6 is 0 Å². The van der Waals surface area contributed by atoms with Gasteiger partial charge >= 0.3 is 0 Å². The minimum Gasteiger partial charge on any atom is -0.481 e. The summed E-state index contributed by atoms with van der Waals surface area (Å²) in [6.45, 7) is 9.53. The number of aromatic nitrogens is 2. The first-order chi connectivity index (χ1) is 14.8. The van der Waals surface area contributed by atoms with E-state index in [1.807, 2.05) is 70.2 Å². The Balaban J connectivity index is 1.65. The second kappa shape index (κ2) is 9.47. The fourth-order valence-electron chi connectivity index (χ4n) is 3.20. The summed E-state index contributed by atoms with van der Waals surface area (Å²) < 4.78 is 7.50. The van der Waals surface area contributed by atoms with Gasteiger partial charge in [-0.1, -0.05) is 36.8 Å². The molecule has 0 radical (unpaired) electrons. The molecule has 0 saturated carbocycles. The van der Waals surface area contributed by atoms with E-state index in [1.165, 1.54) is 6.20 Å². The first-order valence-electron chi connectivity index (χ1n) is 10.3. The molecule has 162 valence electrons. The van der Waals surface area contributed by atoms with E-state index in [-0.39, 0.29) is 0 Å². The van der Waals surface area contributed by atoms with Crippen molar-refractivity contribution in [3.05, 3.63) is 76.6 Å². The van der Waals surface area contributed by atoms with Crippen LogP contribution in [-0.4, -0.2) is 27.7 Å². The summed E-state index contributed by atoms with van der Waals surface area (Å²) in [7, 11) is 0. The quantitative estimate of drug-likeness (QED) is 0.597. The zero-order chi connectivity index (χ0) is 22.5. The third kappa shape index (κ3) is 4.94. The van der Waals surface area contributed by atoms with Crippen LogP contribution in [0, 0.1) is 20.8 Å². The van der Waals surface area contributed by atoms with Crippen LogP contribution in [0.5, 0.6) is 5.75 Å². The van der Waals surface area contributed by atoms with Crippen molar-refractivity contribution in [1.29, 1.82) is 0 Å². The van der Waals surface area contributed by atoms with Gasteiger partial charge in [0.2, 0.25) is 0 Å². The average molecular weight is 421 g/mol. The molecule has 1 unspecified atom stereocenters. The lowest BCUT2D eigenvalue weighted by molar-refractivity contribution is -0.128. The maximum absolute atomic E-state index is 12.7. The first kappa shape index (κ1) is 22.1. The SMILES string of the molecule is CCc1c(C(=O)NNC(=O)C(C)Oc2cccc(C)c2C)cnn1-c1ccc(C)cc1. The molecule has 0 aliphatic heterocycles. The Hall–Kier alpha value is -3.61. The predicted octanol–water partition coefficient (Wildman–Crippen LogP) is 3.59. The zero-order valence-electron chi connectivity index (χ0n) is 18.5. The Morgan fingerprint density at radius 2 is 1.77 bits per heavy atom. The molecule has 2 amide bonds. The van der Waals surface area contributed by atoms with Gasteiger partial charge in [0.25, 0.3) is 11.8 Å². The lowest BCUT2D eigenvalue weighted by Crippen LogP contribution is -2.47. The van der Waals surface area contributed by atoms with E-state index in [0.717, 1.165) is 28.1 Å². The second-order valence-corrected chi connectivity index (χ2v) is 7.51. The van der Waals surface area contributed by atoms with E-state index in [9.17, 15) is 9.59 Å². The minimum absolute atomic E-state index is 0.409. The molecule has 2 aromatic carbocycles. The molecule has 3 rings (SSSR count). The summed E-state index contributed by atoms with van der Waals surface area (Å²) in [5.41, 5.74) is 10.2. The maximum Gasteiger partial charge on any atom is 0.279 e. The van der Waals surface area contributed by atoms with Gasteiger partial charge in [-0.2, -0.15) is 5.10 Å². The van der Waals surface area contributed by atoms with Crippen molar-refractivity contribution in [1.82, 2.24) is 20.6 Å². The Morgan fingerprint density at radius 3 is 2.45 bits per heavy atom. The van der Waals surface area contributed by atoms with Gasteiger partial charge in [0.15, 0.2) is 6.10 Å². The van der Waals surface area contributed by atoms with Crippen molar-refractivity contribution in [2.24, 2.45) is 0 Å². The van der Waals surface area contributed by atoms with Gasteiger partial charge in [-0.3, -0.25) is 20.4 Å². The van der Waals surface area contributed by atoms with Crippen LogP contribution in [0.15, 0.2) is 48.7 Å². The van der Waals surface area contributed by atoms with Crippen LogP contribution in [0.1, 0.15) is 46.6 Å². The van der Waals surface area contributed by atoms with Crippen LogP contribution < -0.4 is 15.6 Å². The molecule has 0 aliphatic rings. The van der Waals surface area contributed by atoms with Gasteiger partial charge < -0.3 is 4.74 Å².